The second kappa shape index (κ2) is 7.31. The Morgan fingerprint density at radius 2 is 2.17 bits per heavy atom. The number of hydrogen-bond acceptors (Lipinski definition) is 2. The van der Waals surface area contributed by atoms with Gasteiger partial charge in [0, 0.05) is 32.8 Å². The van der Waals surface area contributed by atoms with E-state index in [2.05, 4.69) is 45.0 Å². The molecule has 23 heavy (non-hydrogen) atoms. The van der Waals surface area contributed by atoms with Gasteiger partial charge in [0.1, 0.15) is 0 Å². The van der Waals surface area contributed by atoms with Gasteiger partial charge in [-0.15, -0.1) is 0 Å². The molecule has 1 aliphatic rings. The van der Waals surface area contributed by atoms with Crippen LogP contribution in [0.25, 0.3) is 0 Å². The first-order valence-electron chi connectivity index (χ1n) is 8.27. The van der Waals surface area contributed by atoms with Crippen molar-refractivity contribution in [1.82, 2.24) is 20.4 Å². The number of nitrogens with one attached hydrogen (secondary N) is 2. The first-order chi connectivity index (χ1) is 11.3. The molecule has 1 aromatic heterocycles. The second-order valence-electron chi connectivity index (χ2n) is 6.04. The first kappa shape index (κ1) is 15.6. The summed E-state index contributed by atoms with van der Waals surface area (Å²) in [4.78, 5) is 4.32. The van der Waals surface area contributed by atoms with E-state index in [1.165, 1.54) is 30.4 Å². The summed E-state index contributed by atoms with van der Waals surface area (Å²) in [5, 5.41) is 11.0. The molecule has 2 aromatic rings. The molecule has 1 unspecified atom stereocenters. The average Bonchev–Trinajstić information content (AvgIpc) is 3.00. The summed E-state index contributed by atoms with van der Waals surface area (Å²) >= 11 is 0. The van der Waals surface area contributed by atoms with Gasteiger partial charge in [-0.1, -0.05) is 24.3 Å². The average molecular weight is 311 g/mol. The van der Waals surface area contributed by atoms with Crippen molar-refractivity contribution in [1.29, 1.82) is 0 Å². The first-order valence-corrected chi connectivity index (χ1v) is 8.27. The molecule has 5 nitrogen and oxygen atoms in total. The van der Waals surface area contributed by atoms with Crippen molar-refractivity contribution < 1.29 is 0 Å². The maximum atomic E-state index is 4.32. The molecule has 1 aromatic carbocycles. The fraction of sp³-hybridized carbons (Fsp3) is 0.444. The van der Waals surface area contributed by atoms with Crippen LogP contribution in [0.4, 0.5) is 0 Å². The summed E-state index contributed by atoms with van der Waals surface area (Å²) in [5.41, 5.74) is 4.13. The van der Waals surface area contributed by atoms with E-state index < -0.39 is 0 Å². The lowest BCUT2D eigenvalue weighted by Crippen LogP contribution is -2.39. The van der Waals surface area contributed by atoms with Crippen LogP contribution in [0, 0.1) is 0 Å². The maximum absolute atomic E-state index is 4.32. The van der Waals surface area contributed by atoms with Gasteiger partial charge in [-0.2, -0.15) is 5.10 Å². The molecule has 0 saturated heterocycles. The van der Waals surface area contributed by atoms with Gasteiger partial charge in [0.05, 0.1) is 12.2 Å². The van der Waals surface area contributed by atoms with Crippen LogP contribution >= 0.6 is 0 Å². The molecule has 122 valence electrons. The molecule has 1 heterocycles. The summed E-state index contributed by atoms with van der Waals surface area (Å²) in [7, 11) is 3.76. The molecule has 0 spiro atoms. The van der Waals surface area contributed by atoms with Crippen molar-refractivity contribution in [2.45, 2.75) is 31.7 Å². The fourth-order valence-electron chi connectivity index (χ4n) is 3.26. The zero-order valence-corrected chi connectivity index (χ0v) is 13.9. The van der Waals surface area contributed by atoms with E-state index in [1.54, 1.807) is 0 Å². The number of guanidine groups is 1. The molecule has 0 radical (unpaired) electrons. The highest BCUT2D eigenvalue weighted by Gasteiger charge is 2.19. The van der Waals surface area contributed by atoms with Crippen molar-refractivity contribution in [3.63, 3.8) is 0 Å². The van der Waals surface area contributed by atoms with E-state index in [0.717, 1.165) is 24.7 Å². The Morgan fingerprint density at radius 3 is 2.96 bits per heavy atom. The minimum atomic E-state index is 0.565. The molecular weight excluding hydrogens is 286 g/mol. The van der Waals surface area contributed by atoms with Crippen molar-refractivity contribution in [2.24, 2.45) is 12.0 Å². The number of hydrogen-bond donors (Lipinski definition) is 2. The number of aliphatic imine (C=N–C) groups is 1. The van der Waals surface area contributed by atoms with Crippen LogP contribution in [0.2, 0.25) is 0 Å². The summed E-state index contributed by atoms with van der Waals surface area (Å²) in [6.07, 6.45) is 5.53. The normalized spacial score (nSPS) is 17.7. The number of fused-ring (bicyclic) bond motifs is 1. The predicted molar refractivity (Wildman–Crippen MR) is 93.5 cm³/mol. The molecule has 0 amide bonds. The molecule has 1 atom stereocenters. The second-order valence-corrected chi connectivity index (χ2v) is 6.04. The van der Waals surface area contributed by atoms with Gasteiger partial charge in [-0.3, -0.25) is 9.67 Å². The van der Waals surface area contributed by atoms with Gasteiger partial charge in [-0.05, 0) is 36.5 Å². The standard InChI is InChI=1S/C18H25N5/c1-19-18(21-13-16-10-11-22-23(16)2)20-12-15-8-5-7-14-6-3-4-9-17(14)15/h3-4,6,9-11,15H,5,7-8,12-13H2,1-2H3,(H2,19,20,21). The molecule has 3 rings (SSSR count). The number of nitrogens with zero attached hydrogens (tertiary/aromatic N) is 3. The Hall–Kier alpha value is -2.30. The topological polar surface area (TPSA) is 54.2 Å². The Balaban J connectivity index is 1.56. The van der Waals surface area contributed by atoms with Crippen LogP contribution in [0.1, 0.15) is 35.6 Å². The third-order valence-corrected chi connectivity index (χ3v) is 4.59. The summed E-state index contributed by atoms with van der Waals surface area (Å²) in [6.45, 7) is 1.64. The van der Waals surface area contributed by atoms with Crippen LogP contribution in [0.3, 0.4) is 0 Å². The maximum Gasteiger partial charge on any atom is 0.191 e. The third kappa shape index (κ3) is 3.73. The molecule has 2 N–H and O–H groups in total. The smallest absolute Gasteiger partial charge is 0.191 e. The number of aryl methyl sites for hydroxylation is 2. The Bertz CT molecular complexity index is 674. The minimum Gasteiger partial charge on any atom is -0.356 e. The van der Waals surface area contributed by atoms with Gasteiger partial charge in [0.25, 0.3) is 0 Å². The van der Waals surface area contributed by atoms with Crippen LogP contribution in [0.15, 0.2) is 41.5 Å². The monoisotopic (exact) mass is 311 g/mol. The van der Waals surface area contributed by atoms with E-state index in [4.69, 9.17) is 0 Å². The molecule has 0 saturated carbocycles. The van der Waals surface area contributed by atoms with E-state index in [9.17, 15) is 0 Å². The molecule has 5 heteroatoms. The van der Waals surface area contributed by atoms with E-state index >= 15 is 0 Å². The fourth-order valence-corrected chi connectivity index (χ4v) is 3.26. The van der Waals surface area contributed by atoms with E-state index in [0.29, 0.717) is 5.92 Å². The SMILES string of the molecule is CN=C(NCc1ccnn1C)NCC1CCCc2ccccc21. The van der Waals surface area contributed by atoms with Crippen molar-refractivity contribution in [3.8, 4) is 0 Å². The lowest BCUT2D eigenvalue weighted by Gasteiger charge is -2.26. The highest BCUT2D eigenvalue weighted by atomic mass is 15.3. The van der Waals surface area contributed by atoms with Crippen LogP contribution in [-0.2, 0) is 20.0 Å². The summed E-state index contributed by atoms with van der Waals surface area (Å²) in [6, 6.07) is 10.8. The van der Waals surface area contributed by atoms with E-state index in [1.807, 2.05) is 31.0 Å². The van der Waals surface area contributed by atoms with E-state index in [-0.39, 0.29) is 0 Å². The van der Waals surface area contributed by atoms with Gasteiger partial charge in [0.15, 0.2) is 5.96 Å². The lowest BCUT2D eigenvalue weighted by atomic mass is 9.83. The van der Waals surface area contributed by atoms with Crippen molar-refractivity contribution >= 4 is 5.96 Å². The number of benzene rings is 1. The van der Waals surface area contributed by atoms with Crippen LogP contribution in [0.5, 0.6) is 0 Å². The van der Waals surface area contributed by atoms with Gasteiger partial charge < -0.3 is 10.6 Å². The molecule has 0 aliphatic heterocycles. The van der Waals surface area contributed by atoms with Gasteiger partial charge in [0.2, 0.25) is 0 Å². The summed E-state index contributed by atoms with van der Waals surface area (Å²) < 4.78 is 1.87. The summed E-state index contributed by atoms with van der Waals surface area (Å²) in [5.74, 6) is 1.41. The van der Waals surface area contributed by atoms with Gasteiger partial charge in [-0.25, -0.2) is 0 Å². The van der Waals surface area contributed by atoms with Gasteiger partial charge >= 0.3 is 0 Å². The highest BCUT2D eigenvalue weighted by molar-refractivity contribution is 5.79. The Morgan fingerprint density at radius 1 is 1.30 bits per heavy atom. The molecule has 1 aliphatic carbocycles. The van der Waals surface area contributed by atoms with Crippen LogP contribution < -0.4 is 10.6 Å². The Labute approximate surface area is 137 Å². The number of rotatable bonds is 4. The van der Waals surface area contributed by atoms with Crippen molar-refractivity contribution in [3.05, 3.63) is 53.3 Å². The molecule has 0 bridgehead atoms. The zero-order chi connectivity index (χ0) is 16.1. The minimum absolute atomic E-state index is 0.565. The zero-order valence-electron chi connectivity index (χ0n) is 13.9. The lowest BCUT2D eigenvalue weighted by molar-refractivity contribution is 0.539. The largest absolute Gasteiger partial charge is 0.356 e. The quantitative estimate of drug-likeness (QED) is 0.672. The Kier molecular flexibility index (Phi) is 4.95. The highest BCUT2D eigenvalue weighted by Crippen LogP contribution is 2.30. The molecular formula is C18H25N5. The van der Waals surface area contributed by atoms with Crippen molar-refractivity contribution in [2.75, 3.05) is 13.6 Å². The third-order valence-electron chi connectivity index (χ3n) is 4.59. The number of aromatic nitrogens is 2. The van der Waals surface area contributed by atoms with Crippen LogP contribution in [-0.4, -0.2) is 29.3 Å². The molecule has 0 fully saturated rings. The predicted octanol–water partition coefficient (Wildman–Crippen LogP) is 2.21.